The zero-order valence-corrected chi connectivity index (χ0v) is 14.7. The zero-order chi connectivity index (χ0) is 16.5. The molecule has 0 aliphatic carbocycles. The van der Waals surface area contributed by atoms with Crippen LogP contribution in [0.15, 0.2) is 48.7 Å². The number of hydrogen-bond donors (Lipinski definition) is 0. The van der Waals surface area contributed by atoms with E-state index in [2.05, 4.69) is 29.1 Å². The van der Waals surface area contributed by atoms with Gasteiger partial charge in [0, 0.05) is 31.3 Å². The first-order valence-electron chi connectivity index (χ1n) is 7.96. The van der Waals surface area contributed by atoms with Gasteiger partial charge in [-0.2, -0.15) is 0 Å². The minimum Gasteiger partial charge on any atom is -0.377 e. The van der Waals surface area contributed by atoms with Gasteiger partial charge in [0.1, 0.15) is 5.82 Å². The van der Waals surface area contributed by atoms with Crippen molar-refractivity contribution in [1.29, 1.82) is 0 Å². The standard InChI is InChI=1S/C19H24N2OS/c1-16(23)18-10-11-20-19(14-18)21(2)12-6-7-13-22-15-17-8-4-3-5-9-17/h3-5,8-11,14H,6-7,12-13,15H2,1-2H3. The highest BCUT2D eigenvalue weighted by Gasteiger charge is 2.04. The molecule has 0 N–H and O–H groups in total. The predicted molar refractivity (Wildman–Crippen MR) is 100 cm³/mol. The second kappa shape index (κ2) is 9.38. The number of benzene rings is 1. The van der Waals surface area contributed by atoms with Crippen LogP contribution in [0.3, 0.4) is 0 Å². The van der Waals surface area contributed by atoms with Gasteiger partial charge in [-0.1, -0.05) is 42.5 Å². The van der Waals surface area contributed by atoms with Gasteiger partial charge in [-0.05, 0) is 43.0 Å². The summed E-state index contributed by atoms with van der Waals surface area (Å²) < 4.78 is 5.71. The Morgan fingerprint density at radius 1 is 1.17 bits per heavy atom. The highest BCUT2D eigenvalue weighted by Crippen LogP contribution is 2.13. The quantitative estimate of drug-likeness (QED) is 0.390. The van der Waals surface area contributed by atoms with Crippen molar-refractivity contribution in [3.8, 4) is 0 Å². The Bertz CT molecular complexity index is 616. The van der Waals surface area contributed by atoms with E-state index in [1.165, 1.54) is 5.56 Å². The third-order valence-electron chi connectivity index (χ3n) is 3.69. The summed E-state index contributed by atoms with van der Waals surface area (Å²) >= 11 is 5.22. The van der Waals surface area contributed by atoms with E-state index in [9.17, 15) is 0 Å². The molecule has 4 heteroatoms. The highest BCUT2D eigenvalue weighted by molar-refractivity contribution is 7.80. The maximum atomic E-state index is 5.71. The molecule has 2 aromatic rings. The summed E-state index contributed by atoms with van der Waals surface area (Å²) in [4.78, 5) is 7.48. The van der Waals surface area contributed by atoms with Crippen LogP contribution < -0.4 is 4.90 Å². The molecule has 1 heterocycles. The predicted octanol–water partition coefficient (Wildman–Crippen LogP) is 4.25. The molecule has 1 aromatic heterocycles. The number of rotatable bonds is 9. The van der Waals surface area contributed by atoms with E-state index >= 15 is 0 Å². The first-order valence-corrected chi connectivity index (χ1v) is 8.37. The summed E-state index contributed by atoms with van der Waals surface area (Å²) in [5, 5.41) is 0. The zero-order valence-electron chi connectivity index (χ0n) is 13.9. The highest BCUT2D eigenvalue weighted by atomic mass is 32.1. The SMILES string of the molecule is CC(=S)c1ccnc(N(C)CCCCOCc2ccccc2)c1. The molecule has 2 rings (SSSR count). The van der Waals surface area contributed by atoms with E-state index < -0.39 is 0 Å². The molecule has 0 saturated carbocycles. The molecule has 0 amide bonds. The van der Waals surface area contributed by atoms with Gasteiger partial charge in [-0.15, -0.1) is 0 Å². The van der Waals surface area contributed by atoms with E-state index in [4.69, 9.17) is 17.0 Å². The Hall–Kier alpha value is -1.78. The molecule has 0 aliphatic rings. The molecule has 3 nitrogen and oxygen atoms in total. The number of hydrogen-bond acceptors (Lipinski definition) is 4. The van der Waals surface area contributed by atoms with Crippen molar-refractivity contribution in [3.05, 3.63) is 59.8 Å². The van der Waals surface area contributed by atoms with Crippen molar-refractivity contribution in [2.75, 3.05) is 25.1 Å². The van der Waals surface area contributed by atoms with Crippen LogP contribution in [0.4, 0.5) is 5.82 Å². The molecule has 0 aliphatic heterocycles. The molecule has 1 aromatic carbocycles. The number of thiocarbonyl (C=S) groups is 1. The maximum Gasteiger partial charge on any atom is 0.128 e. The lowest BCUT2D eigenvalue weighted by Gasteiger charge is -2.18. The lowest BCUT2D eigenvalue weighted by Crippen LogP contribution is -2.20. The number of pyridine rings is 1. The van der Waals surface area contributed by atoms with Crippen molar-refractivity contribution in [2.45, 2.75) is 26.4 Å². The van der Waals surface area contributed by atoms with Gasteiger partial charge in [0.2, 0.25) is 0 Å². The van der Waals surface area contributed by atoms with Crippen LogP contribution in [0.1, 0.15) is 30.9 Å². The fourth-order valence-corrected chi connectivity index (χ4v) is 2.41. The summed E-state index contributed by atoms with van der Waals surface area (Å²) in [6.45, 7) is 4.38. The molecule has 0 bridgehead atoms. The van der Waals surface area contributed by atoms with Crippen LogP contribution in [-0.2, 0) is 11.3 Å². The number of nitrogens with zero attached hydrogens (tertiary/aromatic N) is 2. The van der Waals surface area contributed by atoms with Crippen molar-refractivity contribution in [2.24, 2.45) is 0 Å². The molecular formula is C19H24N2OS. The molecule has 0 unspecified atom stereocenters. The van der Waals surface area contributed by atoms with E-state index in [0.717, 1.165) is 42.2 Å². The van der Waals surface area contributed by atoms with E-state index in [0.29, 0.717) is 6.61 Å². The van der Waals surface area contributed by atoms with Gasteiger partial charge in [0.25, 0.3) is 0 Å². The second-order valence-electron chi connectivity index (χ2n) is 5.63. The van der Waals surface area contributed by atoms with Gasteiger partial charge in [-0.3, -0.25) is 0 Å². The molecule has 122 valence electrons. The topological polar surface area (TPSA) is 25.4 Å². The van der Waals surface area contributed by atoms with E-state index in [1.807, 2.05) is 43.5 Å². The Morgan fingerprint density at radius 2 is 1.96 bits per heavy atom. The minimum absolute atomic E-state index is 0.689. The van der Waals surface area contributed by atoms with Crippen molar-refractivity contribution >= 4 is 22.9 Å². The largest absolute Gasteiger partial charge is 0.377 e. The lowest BCUT2D eigenvalue weighted by molar-refractivity contribution is 0.117. The molecule has 0 spiro atoms. The summed E-state index contributed by atoms with van der Waals surface area (Å²) in [5.41, 5.74) is 2.30. The third kappa shape index (κ3) is 6.08. The number of anilines is 1. The van der Waals surface area contributed by atoms with Gasteiger partial charge in [-0.25, -0.2) is 4.98 Å². The molecular weight excluding hydrogens is 304 g/mol. The number of unbranched alkanes of at least 4 members (excludes halogenated alkanes) is 1. The molecule has 0 atom stereocenters. The van der Waals surface area contributed by atoms with Gasteiger partial charge >= 0.3 is 0 Å². The Labute approximate surface area is 144 Å². The summed E-state index contributed by atoms with van der Waals surface area (Å²) in [5.74, 6) is 0.969. The Morgan fingerprint density at radius 3 is 2.70 bits per heavy atom. The smallest absolute Gasteiger partial charge is 0.128 e. The summed E-state index contributed by atoms with van der Waals surface area (Å²) in [7, 11) is 2.07. The third-order valence-corrected chi connectivity index (χ3v) is 3.92. The van der Waals surface area contributed by atoms with E-state index in [-0.39, 0.29) is 0 Å². The molecule has 0 saturated heterocycles. The van der Waals surface area contributed by atoms with Gasteiger partial charge in [0.05, 0.1) is 6.61 Å². The van der Waals surface area contributed by atoms with Crippen LogP contribution in [0.25, 0.3) is 0 Å². The normalized spacial score (nSPS) is 10.5. The van der Waals surface area contributed by atoms with Crippen LogP contribution in [0.2, 0.25) is 0 Å². The first kappa shape index (κ1) is 17.6. The molecule has 0 radical (unpaired) electrons. The van der Waals surface area contributed by atoms with Crippen molar-refractivity contribution in [3.63, 3.8) is 0 Å². The second-order valence-corrected chi connectivity index (χ2v) is 6.24. The average Bonchev–Trinajstić information content (AvgIpc) is 2.58. The van der Waals surface area contributed by atoms with Crippen molar-refractivity contribution in [1.82, 2.24) is 4.98 Å². The molecule has 0 fully saturated rings. The monoisotopic (exact) mass is 328 g/mol. The number of aromatic nitrogens is 1. The lowest BCUT2D eigenvalue weighted by atomic mass is 10.2. The summed E-state index contributed by atoms with van der Waals surface area (Å²) in [6.07, 6.45) is 3.94. The Kier molecular flexibility index (Phi) is 7.17. The van der Waals surface area contributed by atoms with Crippen LogP contribution in [0.5, 0.6) is 0 Å². The number of ether oxygens (including phenoxy) is 1. The van der Waals surface area contributed by atoms with Crippen LogP contribution in [0, 0.1) is 0 Å². The van der Waals surface area contributed by atoms with Gasteiger partial charge < -0.3 is 9.64 Å². The maximum absolute atomic E-state index is 5.71. The average molecular weight is 328 g/mol. The summed E-state index contributed by atoms with van der Waals surface area (Å²) in [6, 6.07) is 14.3. The van der Waals surface area contributed by atoms with Crippen LogP contribution in [-0.4, -0.2) is 30.0 Å². The minimum atomic E-state index is 0.689. The van der Waals surface area contributed by atoms with E-state index in [1.54, 1.807) is 0 Å². The Balaban J connectivity index is 1.66. The fourth-order valence-electron chi connectivity index (χ4n) is 2.28. The fraction of sp³-hybridized carbons (Fsp3) is 0.368. The molecule has 23 heavy (non-hydrogen) atoms. The van der Waals surface area contributed by atoms with Crippen LogP contribution >= 0.6 is 12.2 Å². The van der Waals surface area contributed by atoms with Gasteiger partial charge in [0.15, 0.2) is 0 Å². The first-order chi connectivity index (χ1) is 11.2. The van der Waals surface area contributed by atoms with Crippen molar-refractivity contribution < 1.29 is 4.74 Å².